The third-order valence-corrected chi connectivity index (χ3v) is 3.30. The molecule has 0 aliphatic carbocycles. The molecule has 2 heterocycles. The van der Waals surface area contributed by atoms with Crippen LogP contribution in [0.3, 0.4) is 0 Å². The van der Waals surface area contributed by atoms with E-state index in [9.17, 15) is 0 Å². The van der Waals surface area contributed by atoms with Crippen LogP contribution in [0.25, 0.3) is 16.4 Å². The highest BCUT2D eigenvalue weighted by atomic mass is 35.5. The molecule has 2 aromatic heterocycles. The molecule has 3 aromatic rings. The lowest BCUT2D eigenvalue weighted by Crippen LogP contribution is -2.02. The number of nitrogens with two attached hydrogens (primary N) is 1. The molecule has 17 heavy (non-hydrogen) atoms. The Morgan fingerprint density at radius 2 is 2.18 bits per heavy atom. The van der Waals surface area contributed by atoms with E-state index in [1.54, 1.807) is 0 Å². The monoisotopic (exact) mass is 245 g/mol. The van der Waals surface area contributed by atoms with Crippen molar-refractivity contribution >= 4 is 28.0 Å². The Kier molecular flexibility index (Phi) is 2.31. The van der Waals surface area contributed by atoms with Crippen molar-refractivity contribution in [3.05, 3.63) is 46.9 Å². The van der Waals surface area contributed by atoms with Crippen molar-refractivity contribution in [2.45, 2.75) is 13.5 Å². The molecule has 0 saturated heterocycles. The van der Waals surface area contributed by atoms with Crippen molar-refractivity contribution in [1.82, 2.24) is 9.38 Å². The normalized spacial score (nSPS) is 11.5. The van der Waals surface area contributed by atoms with Crippen molar-refractivity contribution in [2.75, 3.05) is 0 Å². The van der Waals surface area contributed by atoms with Crippen molar-refractivity contribution in [3.8, 4) is 0 Å². The van der Waals surface area contributed by atoms with Gasteiger partial charge < -0.3 is 10.1 Å². The van der Waals surface area contributed by atoms with Gasteiger partial charge in [0.1, 0.15) is 5.65 Å². The highest BCUT2D eigenvalue weighted by Crippen LogP contribution is 2.24. The average Bonchev–Trinajstić information content (AvgIpc) is 2.65. The van der Waals surface area contributed by atoms with Gasteiger partial charge >= 0.3 is 0 Å². The van der Waals surface area contributed by atoms with Crippen LogP contribution in [0.2, 0.25) is 5.02 Å². The van der Waals surface area contributed by atoms with Crippen LogP contribution in [0.15, 0.2) is 30.5 Å². The van der Waals surface area contributed by atoms with E-state index in [1.807, 2.05) is 35.7 Å². The summed E-state index contributed by atoms with van der Waals surface area (Å²) in [4.78, 5) is 4.58. The molecule has 86 valence electrons. The first-order chi connectivity index (χ1) is 8.20. The minimum atomic E-state index is 0.485. The standard InChI is InChI=1S/C13H12ClN3/c1-8-12(7-15)17-5-4-9-2-3-10(14)6-11(9)13(17)16-8/h2-6H,7,15H2,1H3. The highest BCUT2D eigenvalue weighted by molar-refractivity contribution is 6.31. The minimum absolute atomic E-state index is 0.485. The first kappa shape index (κ1) is 10.6. The SMILES string of the molecule is Cc1nc2c3cc(Cl)ccc3ccn2c1CN. The second-order valence-electron chi connectivity index (χ2n) is 4.09. The molecule has 4 heteroatoms. The number of rotatable bonds is 1. The van der Waals surface area contributed by atoms with E-state index in [4.69, 9.17) is 17.3 Å². The molecule has 0 bridgehead atoms. The first-order valence-electron chi connectivity index (χ1n) is 5.46. The molecule has 3 nitrogen and oxygen atoms in total. The fourth-order valence-corrected chi connectivity index (χ4v) is 2.37. The smallest absolute Gasteiger partial charge is 0.145 e. The predicted octanol–water partition coefficient (Wildman–Crippen LogP) is 2.91. The van der Waals surface area contributed by atoms with E-state index >= 15 is 0 Å². The zero-order valence-corrected chi connectivity index (χ0v) is 10.2. The summed E-state index contributed by atoms with van der Waals surface area (Å²) in [6, 6.07) is 7.89. The van der Waals surface area contributed by atoms with Crippen LogP contribution in [-0.4, -0.2) is 9.38 Å². The van der Waals surface area contributed by atoms with Crippen molar-refractivity contribution in [3.63, 3.8) is 0 Å². The summed E-state index contributed by atoms with van der Waals surface area (Å²) in [5.41, 5.74) is 8.68. The number of nitrogens with zero attached hydrogens (tertiary/aromatic N) is 2. The van der Waals surface area contributed by atoms with Crippen LogP contribution in [0, 0.1) is 6.92 Å². The largest absolute Gasteiger partial charge is 0.325 e. The Bertz CT molecular complexity index is 715. The molecule has 3 rings (SSSR count). The number of hydrogen-bond donors (Lipinski definition) is 1. The van der Waals surface area contributed by atoms with Crippen LogP contribution in [0.5, 0.6) is 0 Å². The summed E-state index contributed by atoms with van der Waals surface area (Å²) >= 11 is 6.04. The Balaban J connectivity index is 2.51. The molecule has 1 aromatic carbocycles. The molecule has 0 spiro atoms. The van der Waals surface area contributed by atoms with Gasteiger partial charge in [-0.1, -0.05) is 17.7 Å². The molecule has 0 radical (unpaired) electrons. The second kappa shape index (κ2) is 3.72. The van der Waals surface area contributed by atoms with E-state index in [-0.39, 0.29) is 0 Å². The Morgan fingerprint density at radius 3 is 2.94 bits per heavy atom. The quantitative estimate of drug-likeness (QED) is 0.716. The zero-order valence-electron chi connectivity index (χ0n) is 9.44. The summed E-state index contributed by atoms with van der Waals surface area (Å²) < 4.78 is 2.04. The van der Waals surface area contributed by atoms with Gasteiger partial charge in [0.15, 0.2) is 0 Å². The van der Waals surface area contributed by atoms with E-state index in [2.05, 4.69) is 11.1 Å². The molecule has 0 aliphatic rings. The molecule has 0 aliphatic heterocycles. The second-order valence-corrected chi connectivity index (χ2v) is 4.53. The highest BCUT2D eigenvalue weighted by Gasteiger charge is 2.09. The summed E-state index contributed by atoms with van der Waals surface area (Å²) in [7, 11) is 0. The summed E-state index contributed by atoms with van der Waals surface area (Å²) in [5, 5.41) is 2.92. The summed E-state index contributed by atoms with van der Waals surface area (Å²) in [6.45, 7) is 2.46. The van der Waals surface area contributed by atoms with Crippen LogP contribution in [0.1, 0.15) is 11.4 Å². The molecular formula is C13H12ClN3. The first-order valence-corrected chi connectivity index (χ1v) is 5.84. The van der Waals surface area contributed by atoms with Gasteiger partial charge in [0.25, 0.3) is 0 Å². The van der Waals surface area contributed by atoms with Crippen LogP contribution in [0.4, 0.5) is 0 Å². The van der Waals surface area contributed by atoms with Gasteiger partial charge in [0.2, 0.25) is 0 Å². The fourth-order valence-electron chi connectivity index (χ4n) is 2.20. The number of aromatic nitrogens is 2. The molecule has 0 fully saturated rings. The Morgan fingerprint density at radius 1 is 1.35 bits per heavy atom. The van der Waals surface area contributed by atoms with Crippen LogP contribution in [-0.2, 0) is 6.54 Å². The van der Waals surface area contributed by atoms with Gasteiger partial charge in [0.05, 0.1) is 11.4 Å². The lowest BCUT2D eigenvalue weighted by atomic mass is 10.2. The van der Waals surface area contributed by atoms with Gasteiger partial charge in [-0.25, -0.2) is 4.98 Å². The number of fused-ring (bicyclic) bond motifs is 3. The maximum Gasteiger partial charge on any atom is 0.145 e. The van der Waals surface area contributed by atoms with Gasteiger partial charge in [-0.15, -0.1) is 0 Å². The number of halogens is 1. The van der Waals surface area contributed by atoms with Gasteiger partial charge in [-0.05, 0) is 30.5 Å². The van der Waals surface area contributed by atoms with Gasteiger partial charge in [0, 0.05) is 23.2 Å². The maximum absolute atomic E-state index is 6.04. The average molecular weight is 246 g/mol. The third kappa shape index (κ3) is 1.51. The van der Waals surface area contributed by atoms with Crippen molar-refractivity contribution < 1.29 is 0 Å². The molecule has 0 unspecified atom stereocenters. The molecule has 0 saturated carbocycles. The number of benzene rings is 1. The molecule has 0 amide bonds. The predicted molar refractivity (Wildman–Crippen MR) is 70.3 cm³/mol. The Labute approximate surface area is 104 Å². The lowest BCUT2D eigenvalue weighted by molar-refractivity contribution is 0.946. The van der Waals surface area contributed by atoms with Gasteiger partial charge in [-0.2, -0.15) is 0 Å². The molecule has 0 atom stereocenters. The van der Waals surface area contributed by atoms with E-state index in [1.165, 1.54) is 0 Å². The minimum Gasteiger partial charge on any atom is -0.325 e. The third-order valence-electron chi connectivity index (χ3n) is 3.06. The summed E-state index contributed by atoms with van der Waals surface area (Å²) in [5.74, 6) is 0. The van der Waals surface area contributed by atoms with Crippen LogP contribution < -0.4 is 5.73 Å². The van der Waals surface area contributed by atoms with Crippen molar-refractivity contribution in [2.24, 2.45) is 5.73 Å². The van der Waals surface area contributed by atoms with Crippen LogP contribution >= 0.6 is 11.6 Å². The van der Waals surface area contributed by atoms with Gasteiger partial charge in [-0.3, -0.25) is 0 Å². The fraction of sp³-hybridized carbons (Fsp3) is 0.154. The summed E-state index contributed by atoms with van der Waals surface area (Å²) in [6.07, 6.45) is 2.01. The van der Waals surface area contributed by atoms with E-state index < -0.39 is 0 Å². The van der Waals surface area contributed by atoms with E-state index in [0.29, 0.717) is 6.54 Å². The van der Waals surface area contributed by atoms with Crippen molar-refractivity contribution in [1.29, 1.82) is 0 Å². The lowest BCUT2D eigenvalue weighted by Gasteiger charge is -2.03. The zero-order chi connectivity index (χ0) is 12.0. The molecule has 2 N–H and O–H groups in total. The van der Waals surface area contributed by atoms with E-state index in [0.717, 1.165) is 32.8 Å². The number of hydrogen-bond acceptors (Lipinski definition) is 2. The molecular weight excluding hydrogens is 234 g/mol. The topological polar surface area (TPSA) is 43.3 Å². The number of pyridine rings is 1. The number of imidazole rings is 1. The number of aryl methyl sites for hydroxylation is 1. The Hall–Kier alpha value is -1.58. The maximum atomic E-state index is 6.04.